The molecule has 1 aromatic heterocycles. The molecule has 0 aliphatic heterocycles. The molecule has 102 valence electrons. The Morgan fingerprint density at radius 2 is 2.00 bits per heavy atom. The lowest BCUT2D eigenvalue weighted by atomic mass is 9.82. The van der Waals surface area contributed by atoms with Crippen LogP contribution < -0.4 is 0 Å². The first-order valence-corrected chi connectivity index (χ1v) is 6.85. The first-order valence-electron chi connectivity index (χ1n) is 5.87. The third kappa shape index (κ3) is 4.33. The van der Waals surface area contributed by atoms with Gasteiger partial charge in [-0.3, -0.25) is 4.79 Å². The van der Waals surface area contributed by atoms with E-state index in [9.17, 15) is 4.79 Å². The highest BCUT2D eigenvalue weighted by Gasteiger charge is 2.29. The number of carboxylic acid groups (broad SMARTS) is 1. The minimum absolute atomic E-state index is 0.00426. The van der Waals surface area contributed by atoms with Gasteiger partial charge in [-0.2, -0.15) is 0 Å². The van der Waals surface area contributed by atoms with Crippen molar-refractivity contribution in [2.75, 3.05) is 5.75 Å². The molecule has 0 aliphatic carbocycles. The maximum absolute atomic E-state index is 10.6. The highest BCUT2D eigenvalue weighted by molar-refractivity contribution is 7.99. The Morgan fingerprint density at radius 3 is 2.50 bits per heavy atom. The fourth-order valence-corrected chi connectivity index (χ4v) is 3.04. The highest BCUT2D eigenvalue weighted by Crippen LogP contribution is 2.34. The van der Waals surface area contributed by atoms with Gasteiger partial charge in [-0.1, -0.05) is 32.5 Å². The van der Waals surface area contributed by atoms with Crippen LogP contribution in [-0.2, 0) is 10.3 Å². The molecular weight excluding hydrogens is 250 g/mol. The SMILES string of the molecule is CC(C)(C)CC(C)(C)n1cnnc1SCC(=O)O. The maximum atomic E-state index is 10.6. The summed E-state index contributed by atoms with van der Waals surface area (Å²) in [4.78, 5) is 10.6. The Kier molecular flexibility index (Phi) is 4.42. The Balaban J connectivity index is 2.88. The van der Waals surface area contributed by atoms with Crippen molar-refractivity contribution in [3.8, 4) is 0 Å². The molecule has 0 spiro atoms. The van der Waals surface area contributed by atoms with Crippen LogP contribution >= 0.6 is 11.8 Å². The minimum atomic E-state index is -0.844. The fraction of sp³-hybridized carbons (Fsp3) is 0.750. The number of hydrogen-bond acceptors (Lipinski definition) is 4. The Labute approximate surface area is 112 Å². The molecule has 0 fully saturated rings. The number of carbonyl (C=O) groups is 1. The summed E-state index contributed by atoms with van der Waals surface area (Å²) in [7, 11) is 0. The predicted molar refractivity (Wildman–Crippen MR) is 71.8 cm³/mol. The standard InChI is InChI=1S/C12H21N3O2S/c1-11(2,3)7-12(4,5)15-8-13-14-10(15)18-6-9(16)17/h8H,6-7H2,1-5H3,(H,16,17). The van der Waals surface area contributed by atoms with Crippen molar-refractivity contribution >= 4 is 17.7 Å². The molecule has 0 aromatic carbocycles. The van der Waals surface area contributed by atoms with Crippen LogP contribution in [0.1, 0.15) is 41.0 Å². The summed E-state index contributed by atoms with van der Waals surface area (Å²) in [6.45, 7) is 10.8. The molecule has 18 heavy (non-hydrogen) atoms. The number of hydrogen-bond donors (Lipinski definition) is 1. The van der Waals surface area contributed by atoms with Gasteiger partial charge in [-0.05, 0) is 25.7 Å². The average Bonchev–Trinajstić information content (AvgIpc) is 2.58. The van der Waals surface area contributed by atoms with E-state index in [1.165, 1.54) is 11.8 Å². The smallest absolute Gasteiger partial charge is 0.313 e. The van der Waals surface area contributed by atoms with E-state index in [1.807, 2.05) is 4.57 Å². The van der Waals surface area contributed by atoms with E-state index >= 15 is 0 Å². The predicted octanol–water partition coefficient (Wildman–Crippen LogP) is 2.63. The van der Waals surface area contributed by atoms with Gasteiger partial charge in [0.05, 0.1) is 5.75 Å². The van der Waals surface area contributed by atoms with Crippen LogP contribution in [0.15, 0.2) is 11.5 Å². The van der Waals surface area contributed by atoms with Crippen molar-refractivity contribution in [1.82, 2.24) is 14.8 Å². The highest BCUT2D eigenvalue weighted by atomic mass is 32.2. The summed E-state index contributed by atoms with van der Waals surface area (Å²) in [6, 6.07) is 0. The second-order valence-electron chi connectivity index (χ2n) is 6.22. The van der Waals surface area contributed by atoms with E-state index < -0.39 is 5.97 Å². The zero-order chi connectivity index (χ0) is 14.0. The van der Waals surface area contributed by atoms with Gasteiger partial charge in [0.2, 0.25) is 0 Å². The van der Waals surface area contributed by atoms with E-state index in [4.69, 9.17) is 5.11 Å². The van der Waals surface area contributed by atoms with Gasteiger partial charge >= 0.3 is 5.97 Å². The summed E-state index contributed by atoms with van der Waals surface area (Å²) < 4.78 is 1.96. The van der Waals surface area contributed by atoms with Gasteiger partial charge in [-0.15, -0.1) is 10.2 Å². The number of nitrogens with zero attached hydrogens (tertiary/aromatic N) is 3. The molecule has 1 heterocycles. The molecule has 0 unspecified atom stereocenters. The van der Waals surface area contributed by atoms with Crippen LogP contribution in [0.3, 0.4) is 0 Å². The van der Waals surface area contributed by atoms with Crippen molar-refractivity contribution in [3.63, 3.8) is 0 Å². The monoisotopic (exact) mass is 271 g/mol. The molecule has 0 bridgehead atoms. The van der Waals surface area contributed by atoms with Gasteiger partial charge in [0.25, 0.3) is 0 Å². The molecule has 1 rings (SSSR count). The molecule has 0 atom stereocenters. The van der Waals surface area contributed by atoms with Crippen LogP contribution in [0.5, 0.6) is 0 Å². The van der Waals surface area contributed by atoms with Crippen molar-refractivity contribution < 1.29 is 9.90 Å². The van der Waals surface area contributed by atoms with Crippen molar-refractivity contribution in [2.24, 2.45) is 5.41 Å². The van der Waals surface area contributed by atoms with Gasteiger partial charge in [-0.25, -0.2) is 0 Å². The molecular formula is C12H21N3O2S. The quantitative estimate of drug-likeness (QED) is 0.834. The molecule has 0 saturated heterocycles. The molecule has 1 aromatic rings. The lowest BCUT2D eigenvalue weighted by Gasteiger charge is -2.34. The van der Waals surface area contributed by atoms with E-state index in [2.05, 4.69) is 44.8 Å². The summed E-state index contributed by atoms with van der Waals surface area (Å²) in [5, 5.41) is 17.3. The lowest BCUT2D eigenvalue weighted by Crippen LogP contribution is -2.31. The van der Waals surface area contributed by atoms with Crippen LogP contribution in [0.2, 0.25) is 0 Å². The number of aromatic nitrogens is 3. The topological polar surface area (TPSA) is 68.0 Å². The third-order valence-corrected chi connectivity index (χ3v) is 3.38. The van der Waals surface area contributed by atoms with Crippen molar-refractivity contribution in [1.29, 1.82) is 0 Å². The lowest BCUT2D eigenvalue weighted by molar-refractivity contribution is -0.133. The van der Waals surface area contributed by atoms with E-state index in [0.29, 0.717) is 5.16 Å². The second-order valence-corrected chi connectivity index (χ2v) is 7.16. The van der Waals surface area contributed by atoms with Crippen LogP contribution in [-0.4, -0.2) is 31.6 Å². The van der Waals surface area contributed by atoms with Gasteiger partial charge in [0.1, 0.15) is 6.33 Å². The minimum Gasteiger partial charge on any atom is -0.481 e. The molecule has 0 amide bonds. The van der Waals surface area contributed by atoms with Crippen LogP contribution in [0.4, 0.5) is 0 Å². The molecule has 1 N–H and O–H groups in total. The first kappa shape index (κ1) is 15.0. The zero-order valence-electron chi connectivity index (χ0n) is 11.6. The van der Waals surface area contributed by atoms with Gasteiger partial charge < -0.3 is 9.67 Å². The molecule has 5 nitrogen and oxygen atoms in total. The Bertz CT molecular complexity index is 421. The first-order chi connectivity index (χ1) is 8.12. The van der Waals surface area contributed by atoms with Gasteiger partial charge in [0, 0.05) is 5.54 Å². The molecule has 6 heteroatoms. The molecule has 0 aliphatic rings. The normalized spacial score (nSPS) is 12.7. The summed E-state index contributed by atoms with van der Waals surface area (Å²) in [5.41, 5.74) is 0.0467. The molecule has 0 radical (unpaired) electrons. The third-order valence-electron chi connectivity index (χ3n) is 2.46. The largest absolute Gasteiger partial charge is 0.481 e. The fourth-order valence-electron chi connectivity index (χ4n) is 2.25. The Hall–Kier alpha value is -1.04. The number of carboxylic acids is 1. The summed E-state index contributed by atoms with van der Waals surface area (Å²) in [5.74, 6) is -0.840. The summed E-state index contributed by atoms with van der Waals surface area (Å²) >= 11 is 1.20. The van der Waals surface area contributed by atoms with Gasteiger partial charge in [0.15, 0.2) is 5.16 Å². The van der Waals surface area contributed by atoms with Crippen LogP contribution in [0, 0.1) is 5.41 Å². The average molecular weight is 271 g/mol. The second kappa shape index (κ2) is 5.30. The number of thioether (sulfide) groups is 1. The summed E-state index contributed by atoms with van der Waals surface area (Å²) in [6.07, 6.45) is 2.63. The van der Waals surface area contributed by atoms with E-state index in [0.717, 1.165) is 6.42 Å². The van der Waals surface area contributed by atoms with Crippen molar-refractivity contribution in [3.05, 3.63) is 6.33 Å². The Morgan fingerprint density at radius 1 is 1.39 bits per heavy atom. The van der Waals surface area contributed by atoms with Crippen molar-refractivity contribution in [2.45, 2.75) is 51.7 Å². The number of aliphatic carboxylic acids is 1. The molecule has 0 saturated carbocycles. The van der Waals surface area contributed by atoms with Crippen LogP contribution in [0.25, 0.3) is 0 Å². The maximum Gasteiger partial charge on any atom is 0.313 e. The zero-order valence-corrected chi connectivity index (χ0v) is 12.4. The number of rotatable bonds is 5. The van der Waals surface area contributed by atoms with E-state index in [-0.39, 0.29) is 16.7 Å². The van der Waals surface area contributed by atoms with E-state index in [1.54, 1.807) is 6.33 Å².